The molecule has 3 N–H and O–H groups in total. The van der Waals surface area contributed by atoms with Crippen molar-refractivity contribution in [3.63, 3.8) is 0 Å². The Bertz CT molecular complexity index is 975. The molecule has 3 aromatic rings. The van der Waals surface area contributed by atoms with Crippen LogP contribution in [-0.4, -0.2) is 49.5 Å². The number of hydrogen-bond donors (Lipinski definition) is 3. The predicted molar refractivity (Wildman–Crippen MR) is 102 cm³/mol. The third kappa shape index (κ3) is 4.08. The molecule has 3 rings (SSSR count). The first-order valence-corrected chi connectivity index (χ1v) is 8.82. The van der Waals surface area contributed by atoms with Crippen LogP contribution in [0.1, 0.15) is 26.6 Å². The molecule has 8 nitrogen and oxygen atoms in total. The van der Waals surface area contributed by atoms with Crippen LogP contribution in [0.2, 0.25) is 0 Å². The number of nitrogens with one attached hydrogen (secondary N) is 1. The summed E-state index contributed by atoms with van der Waals surface area (Å²) in [7, 11) is 0. The van der Waals surface area contributed by atoms with Crippen molar-refractivity contribution in [2.75, 3.05) is 18.5 Å². The lowest BCUT2D eigenvalue weighted by Crippen LogP contribution is -2.27. The van der Waals surface area contributed by atoms with E-state index >= 15 is 0 Å². The number of carbonyl (C=O) groups is 1. The zero-order valence-corrected chi connectivity index (χ0v) is 15.7. The Morgan fingerprint density at radius 1 is 1.30 bits per heavy atom. The summed E-state index contributed by atoms with van der Waals surface area (Å²) < 4.78 is 7.45. The summed E-state index contributed by atoms with van der Waals surface area (Å²) in [5.41, 5.74) is 0.950. The van der Waals surface area contributed by atoms with Crippen LogP contribution in [0.4, 0.5) is 5.82 Å². The number of pyridine rings is 1. The maximum absolute atomic E-state index is 11.8. The Morgan fingerprint density at radius 3 is 2.70 bits per heavy atom. The van der Waals surface area contributed by atoms with Crippen LogP contribution in [-0.2, 0) is 22.7 Å². The van der Waals surface area contributed by atoms with Gasteiger partial charge in [0.05, 0.1) is 23.2 Å². The van der Waals surface area contributed by atoms with Crippen molar-refractivity contribution in [1.29, 1.82) is 0 Å². The number of para-hydroxylation sites is 1. The number of aromatic nitrogens is 3. The van der Waals surface area contributed by atoms with Gasteiger partial charge < -0.3 is 24.8 Å². The number of aliphatic hydroxyl groups excluding tert-OH is 1. The van der Waals surface area contributed by atoms with E-state index in [9.17, 15) is 9.90 Å². The molecule has 1 aromatic carbocycles. The highest BCUT2D eigenvalue weighted by Gasteiger charge is 2.23. The molecule has 27 heavy (non-hydrogen) atoms. The Labute approximate surface area is 156 Å². The van der Waals surface area contributed by atoms with Gasteiger partial charge in [-0.1, -0.05) is 18.2 Å². The van der Waals surface area contributed by atoms with Crippen LogP contribution in [0, 0.1) is 0 Å². The molecular weight excluding hydrogens is 348 g/mol. The van der Waals surface area contributed by atoms with Gasteiger partial charge in [-0.3, -0.25) is 4.79 Å². The van der Waals surface area contributed by atoms with Gasteiger partial charge in [-0.2, -0.15) is 0 Å². The molecule has 0 aliphatic heterocycles. The van der Waals surface area contributed by atoms with Gasteiger partial charge in [0.1, 0.15) is 24.6 Å². The number of fused-ring (bicyclic) bond motifs is 3. The molecule has 0 atom stereocenters. The maximum atomic E-state index is 11.8. The van der Waals surface area contributed by atoms with Gasteiger partial charge in [0, 0.05) is 12.0 Å². The number of amides is 1. The Hall–Kier alpha value is -2.55. The average Bonchev–Trinajstić information content (AvgIpc) is 2.97. The van der Waals surface area contributed by atoms with Crippen LogP contribution < -0.4 is 5.32 Å². The number of imidazole rings is 1. The van der Waals surface area contributed by atoms with E-state index in [1.165, 1.54) is 0 Å². The minimum absolute atomic E-state index is 0.267. The lowest BCUT2D eigenvalue weighted by atomic mass is 10.1. The Kier molecular flexibility index (Phi) is 5.41. The second-order valence-corrected chi connectivity index (χ2v) is 6.94. The van der Waals surface area contributed by atoms with Gasteiger partial charge in [-0.15, -0.1) is 0 Å². The molecule has 0 bridgehead atoms. The smallest absolute Gasteiger partial charge is 0.251 e. The molecule has 2 aromatic heterocycles. The summed E-state index contributed by atoms with van der Waals surface area (Å²) in [6.07, 6.45) is 0. The van der Waals surface area contributed by atoms with Gasteiger partial charge in [0.25, 0.3) is 5.91 Å². The molecule has 0 aliphatic rings. The van der Waals surface area contributed by atoms with E-state index in [1.54, 1.807) is 13.8 Å². The van der Waals surface area contributed by atoms with Crippen molar-refractivity contribution in [2.24, 2.45) is 0 Å². The summed E-state index contributed by atoms with van der Waals surface area (Å²) in [5, 5.41) is 23.0. The Balaban J connectivity index is 2.32. The summed E-state index contributed by atoms with van der Waals surface area (Å²) in [4.78, 5) is 20.9. The van der Waals surface area contributed by atoms with Gasteiger partial charge in [-0.25, -0.2) is 9.97 Å². The first-order valence-electron chi connectivity index (χ1n) is 8.82. The summed E-state index contributed by atoms with van der Waals surface area (Å²) in [6.45, 7) is 5.79. The standard InChI is InChI=1S/C19H24N4O4/c1-4-27-10-14-21-16-17(23(14)11-19(2,3)26)12-7-5-6-8-13(12)20-18(16)22-15(25)9-24/h5-8,24,26H,4,9-11H2,1-3H3,(H,20,22,25). The van der Waals surface area contributed by atoms with Gasteiger partial charge in [0.2, 0.25) is 0 Å². The predicted octanol–water partition coefficient (Wildman–Crippen LogP) is 1.82. The van der Waals surface area contributed by atoms with Crippen LogP contribution in [0.25, 0.3) is 21.9 Å². The summed E-state index contributed by atoms with van der Waals surface area (Å²) in [5.74, 6) is 0.337. The lowest BCUT2D eigenvalue weighted by Gasteiger charge is -2.20. The SMILES string of the molecule is CCOCc1nc2c(NC(=O)CO)nc3ccccc3c2n1CC(C)(C)O. The minimum Gasteiger partial charge on any atom is -0.389 e. The average molecular weight is 372 g/mol. The zero-order chi connectivity index (χ0) is 19.6. The molecule has 0 unspecified atom stereocenters. The second kappa shape index (κ2) is 7.59. The molecule has 0 spiro atoms. The molecule has 0 saturated carbocycles. The second-order valence-electron chi connectivity index (χ2n) is 6.94. The fraction of sp³-hybridized carbons (Fsp3) is 0.421. The number of aliphatic hydroxyl groups is 2. The first-order chi connectivity index (χ1) is 12.8. The van der Waals surface area contributed by atoms with Crippen molar-refractivity contribution >= 4 is 33.7 Å². The summed E-state index contributed by atoms with van der Waals surface area (Å²) in [6, 6.07) is 7.53. The van der Waals surface area contributed by atoms with Crippen LogP contribution >= 0.6 is 0 Å². The molecule has 144 valence electrons. The number of hydrogen-bond acceptors (Lipinski definition) is 6. The molecule has 0 aliphatic carbocycles. The number of nitrogens with zero attached hydrogens (tertiary/aromatic N) is 3. The van der Waals surface area contributed by atoms with Crippen molar-refractivity contribution in [2.45, 2.75) is 39.5 Å². The topological polar surface area (TPSA) is 110 Å². The van der Waals surface area contributed by atoms with E-state index in [0.717, 1.165) is 10.9 Å². The lowest BCUT2D eigenvalue weighted by molar-refractivity contribution is -0.118. The Morgan fingerprint density at radius 2 is 2.04 bits per heavy atom. The fourth-order valence-corrected chi connectivity index (χ4v) is 3.00. The molecule has 1 amide bonds. The number of anilines is 1. The molecular formula is C19H24N4O4. The maximum Gasteiger partial charge on any atom is 0.251 e. The zero-order valence-electron chi connectivity index (χ0n) is 15.7. The van der Waals surface area contributed by atoms with E-state index in [-0.39, 0.29) is 12.4 Å². The molecule has 2 heterocycles. The van der Waals surface area contributed by atoms with E-state index in [0.29, 0.717) is 30.0 Å². The van der Waals surface area contributed by atoms with E-state index in [1.807, 2.05) is 35.8 Å². The third-order valence-corrected chi connectivity index (χ3v) is 4.04. The third-order valence-electron chi connectivity index (χ3n) is 4.04. The number of ether oxygens (including phenoxy) is 1. The normalized spacial score (nSPS) is 12.0. The van der Waals surface area contributed by atoms with Crippen LogP contribution in [0.3, 0.4) is 0 Å². The largest absolute Gasteiger partial charge is 0.389 e. The molecule has 0 saturated heterocycles. The van der Waals surface area contributed by atoms with E-state index in [2.05, 4.69) is 15.3 Å². The monoisotopic (exact) mass is 372 g/mol. The van der Waals surface area contributed by atoms with E-state index in [4.69, 9.17) is 9.84 Å². The van der Waals surface area contributed by atoms with Gasteiger partial charge in [-0.05, 0) is 26.8 Å². The van der Waals surface area contributed by atoms with Gasteiger partial charge >= 0.3 is 0 Å². The highest BCUT2D eigenvalue weighted by molar-refractivity contribution is 6.09. The quantitative estimate of drug-likeness (QED) is 0.584. The molecule has 0 fully saturated rings. The van der Waals surface area contributed by atoms with Crippen LogP contribution in [0.5, 0.6) is 0 Å². The minimum atomic E-state index is -0.979. The van der Waals surface area contributed by atoms with E-state index < -0.39 is 18.1 Å². The van der Waals surface area contributed by atoms with Crippen molar-refractivity contribution in [1.82, 2.24) is 14.5 Å². The van der Waals surface area contributed by atoms with Crippen molar-refractivity contribution in [3.05, 3.63) is 30.1 Å². The molecule has 0 radical (unpaired) electrons. The number of rotatable bonds is 7. The number of benzene rings is 1. The number of carbonyl (C=O) groups excluding carboxylic acids is 1. The van der Waals surface area contributed by atoms with Crippen molar-refractivity contribution in [3.8, 4) is 0 Å². The first kappa shape index (κ1) is 19.2. The highest BCUT2D eigenvalue weighted by Crippen LogP contribution is 2.31. The van der Waals surface area contributed by atoms with Crippen molar-refractivity contribution < 1.29 is 19.7 Å². The molecule has 8 heteroatoms. The fourth-order valence-electron chi connectivity index (χ4n) is 3.00. The summed E-state index contributed by atoms with van der Waals surface area (Å²) >= 11 is 0. The van der Waals surface area contributed by atoms with Crippen LogP contribution in [0.15, 0.2) is 24.3 Å². The highest BCUT2D eigenvalue weighted by atomic mass is 16.5. The van der Waals surface area contributed by atoms with Gasteiger partial charge in [0.15, 0.2) is 5.82 Å².